The zero-order valence-electron chi connectivity index (χ0n) is 16.1. The van der Waals surface area contributed by atoms with Crippen LogP contribution < -0.4 is 25.7 Å². The maximum atomic E-state index is 13.0. The van der Waals surface area contributed by atoms with E-state index in [0.717, 1.165) is 17.7 Å². The van der Waals surface area contributed by atoms with Crippen molar-refractivity contribution in [1.29, 1.82) is 0 Å². The van der Waals surface area contributed by atoms with Crippen molar-refractivity contribution in [3.8, 4) is 5.75 Å². The molecular formula is C21H19ClF3N4O2+. The maximum absolute atomic E-state index is 13.0. The Balaban J connectivity index is 1.79. The second-order valence-corrected chi connectivity index (χ2v) is 6.90. The monoisotopic (exact) mass is 451 g/mol. The number of aromatic amines is 1. The molecule has 3 rings (SSSR count). The van der Waals surface area contributed by atoms with Crippen molar-refractivity contribution in [1.82, 2.24) is 5.32 Å². The summed E-state index contributed by atoms with van der Waals surface area (Å²) in [5.41, 5.74) is 7.57. The lowest BCUT2D eigenvalue weighted by Crippen LogP contribution is -2.40. The molecule has 0 bridgehead atoms. The Morgan fingerprint density at radius 1 is 1.10 bits per heavy atom. The fourth-order valence-corrected chi connectivity index (χ4v) is 2.95. The van der Waals surface area contributed by atoms with Crippen LogP contribution in [0, 0.1) is 0 Å². The quantitative estimate of drug-likeness (QED) is 0.568. The Kier molecular flexibility index (Phi) is 6.86. The number of urea groups is 1. The van der Waals surface area contributed by atoms with Gasteiger partial charge in [0.05, 0.1) is 6.20 Å². The predicted octanol–water partition coefficient (Wildman–Crippen LogP) is 4.73. The van der Waals surface area contributed by atoms with Gasteiger partial charge in [0.2, 0.25) is 0 Å². The number of carbonyl (C=O) groups excluding carboxylic acids is 1. The van der Waals surface area contributed by atoms with E-state index in [9.17, 15) is 18.0 Å². The van der Waals surface area contributed by atoms with Gasteiger partial charge in [-0.05, 0) is 60.5 Å². The zero-order chi connectivity index (χ0) is 22.4. The van der Waals surface area contributed by atoms with E-state index in [1.54, 1.807) is 30.5 Å². The number of benzene rings is 2. The number of nitrogen functional groups attached to an aromatic ring is 1. The zero-order valence-corrected chi connectivity index (χ0v) is 16.9. The topological polar surface area (TPSA) is 81.7 Å². The number of amides is 2. The maximum Gasteiger partial charge on any atom is 0.573 e. The van der Waals surface area contributed by atoms with Crippen molar-refractivity contribution in [3.63, 3.8) is 0 Å². The van der Waals surface area contributed by atoms with Crippen LogP contribution in [0.2, 0.25) is 5.02 Å². The summed E-state index contributed by atoms with van der Waals surface area (Å²) < 4.78 is 41.2. The first kappa shape index (κ1) is 22.2. The molecule has 0 unspecified atom stereocenters. The number of H-pyrrole nitrogens is 1. The number of aromatic nitrogens is 1. The minimum Gasteiger partial charge on any atom is -0.406 e. The largest absolute Gasteiger partial charge is 0.573 e. The van der Waals surface area contributed by atoms with Crippen molar-refractivity contribution in [2.75, 3.05) is 17.2 Å². The lowest BCUT2D eigenvalue weighted by molar-refractivity contribution is -0.361. The number of anilines is 3. The van der Waals surface area contributed by atoms with Crippen molar-refractivity contribution < 1.29 is 27.7 Å². The van der Waals surface area contributed by atoms with Gasteiger partial charge in [-0.3, -0.25) is 0 Å². The Morgan fingerprint density at radius 3 is 2.39 bits per heavy atom. The van der Waals surface area contributed by atoms with Crippen LogP contribution in [0.15, 0.2) is 66.9 Å². The Labute approximate surface area is 181 Å². The van der Waals surface area contributed by atoms with Crippen LogP contribution in [0.1, 0.15) is 5.56 Å². The number of ether oxygens (including phenoxy) is 1. The normalized spacial score (nSPS) is 11.1. The van der Waals surface area contributed by atoms with Gasteiger partial charge < -0.3 is 15.8 Å². The van der Waals surface area contributed by atoms with Crippen LogP contribution in [0.25, 0.3) is 0 Å². The molecule has 0 saturated heterocycles. The molecule has 0 radical (unpaired) electrons. The molecule has 1 heterocycles. The number of nitrogens with zero attached hydrogens (tertiary/aromatic N) is 1. The van der Waals surface area contributed by atoms with E-state index in [4.69, 9.17) is 17.3 Å². The number of nitrogens with two attached hydrogens (primary N) is 1. The Morgan fingerprint density at radius 2 is 1.77 bits per heavy atom. The molecule has 0 spiro atoms. The van der Waals surface area contributed by atoms with E-state index in [2.05, 4.69) is 15.0 Å². The minimum absolute atomic E-state index is 0.274. The Hall–Kier alpha value is -3.46. The third-order valence-electron chi connectivity index (χ3n) is 4.22. The van der Waals surface area contributed by atoms with Crippen LogP contribution in [0.5, 0.6) is 5.75 Å². The summed E-state index contributed by atoms with van der Waals surface area (Å²) >= 11 is 5.87. The molecule has 0 aliphatic rings. The molecule has 2 amide bonds. The van der Waals surface area contributed by atoms with Gasteiger partial charge in [0.1, 0.15) is 17.1 Å². The Bertz CT molecular complexity index is 1030. The third-order valence-corrected chi connectivity index (χ3v) is 4.48. The number of carbonyl (C=O) groups is 1. The van der Waals surface area contributed by atoms with Gasteiger partial charge >= 0.3 is 18.2 Å². The summed E-state index contributed by atoms with van der Waals surface area (Å²) in [6.07, 6.45) is -2.66. The van der Waals surface area contributed by atoms with Crippen LogP contribution >= 0.6 is 11.6 Å². The first-order chi connectivity index (χ1) is 14.7. The molecule has 10 heteroatoms. The average Bonchev–Trinajstić information content (AvgIpc) is 2.71. The first-order valence-electron chi connectivity index (χ1n) is 9.17. The molecule has 0 fully saturated rings. The first-order valence-corrected chi connectivity index (χ1v) is 9.55. The van der Waals surface area contributed by atoms with E-state index in [1.807, 2.05) is 12.1 Å². The molecule has 31 heavy (non-hydrogen) atoms. The van der Waals surface area contributed by atoms with E-state index >= 15 is 0 Å². The molecule has 6 nitrogen and oxygen atoms in total. The summed E-state index contributed by atoms with van der Waals surface area (Å²) in [7, 11) is 0. The highest BCUT2D eigenvalue weighted by Crippen LogP contribution is 2.30. The highest BCUT2D eigenvalue weighted by atomic mass is 35.5. The van der Waals surface area contributed by atoms with Crippen molar-refractivity contribution >= 4 is 34.8 Å². The summed E-state index contributed by atoms with van der Waals surface area (Å²) in [5, 5.41) is 3.41. The molecule has 3 aromatic rings. The van der Waals surface area contributed by atoms with E-state index in [-0.39, 0.29) is 11.5 Å². The predicted molar refractivity (Wildman–Crippen MR) is 111 cm³/mol. The number of rotatable bonds is 6. The fraction of sp³-hybridized carbons (Fsp3) is 0.143. The molecule has 0 atom stereocenters. The van der Waals surface area contributed by atoms with Crippen LogP contribution in [-0.2, 0) is 6.42 Å². The smallest absolute Gasteiger partial charge is 0.406 e. The van der Waals surface area contributed by atoms with E-state index in [0.29, 0.717) is 23.7 Å². The highest BCUT2D eigenvalue weighted by Gasteiger charge is 2.32. The summed E-state index contributed by atoms with van der Waals surface area (Å²) in [5.74, 6) is -0.125. The number of alkyl halides is 3. The second kappa shape index (κ2) is 9.57. The molecule has 2 aromatic carbocycles. The van der Waals surface area contributed by atoms with Gasteiger partial charge in [-0.2, -0.15) is 0 Å². The lowest BCUT2D eigenvalue weighted by atomic mass is 10.1. The van der Waals surface area contributed by atoms with Crippen LogP contribution in [-0.4, -0.2) is 18.9 Å². The summed E-state index contributed by atoms with van der Waals surface area (Å²) in [6, 6.07) is 14.9. The van der Waals surface area contributed by atoms with Crippen molar-refractivity contribution in [2.24, 2.45) is 0 Å². The standard InChI is InChI=1S/C21H18ClF3N4O2/c22-15-5-3-14(4-6-15)11-13-28-20(30)29(19-18(26)2-1-12-27-19)16-7-9-17(10-8-16)31-21(23,24)25/h1-10,12H,11,13,26H2,(H,28,30)/p+1. The molecule has 162 valence electrons. The lowest BCUT2D eigenvalue weighted by Gasteiger charge is -2.17. The van der Waals surface area contributed by atoms with Gasteiger partial charge in [0.15, 0.2) is 0 Å². The van der Waals surface area contributed by atoms with Gasteiger partial charge in [0.25, 0.3) is 0 Å². The molecule has 4 N–H and O–H groups in total. The van der Waals surface area contributed by atoms with Gasteiger partial charge in [0, 0.05) is 11.6 Å². The average molecular weight is 452 g/mol. The number of nitrogens with one attached hydrogen (secondary N) is 2. The molecule has 0 saturated carbocycles. The number of halogens is 4. The van der Waals surface area contributed by atoms with Gasteiger partial charge in [-0.15, -0.1) is 18.1 Å². The SMILES string of the molecule is Nc1ccc[nH+]c1N(C(=O)NCCc1ccc(Cl)cc1)c1ccc(OC(F)(F)F)cc1. The minimum atomic E-state index is -4.81. The molecular weight excluding hydrogens is 433 g/mol. The second-order valence-electron chi connectivity index (χ2n) is 6.46. The molecule has 0 aliphatic heterocycles. The van der Waals surface area contributed by atoms with Gasteiger partial charge in [-0.1, -0.05) is 23.7 Å². The number of hydrogen-bond donors (Lipinski definition) is 2. The molecule has 0 aliphatic carbocycles. The van der Waals surface area contributed by atoms with Crippen molar-refractivity contribution in [3.05, 3.63) is 77.4 Å². The highest BCUT2D eigenvalue weighted by molar-refractivity contribution is 6.30. The van der Waals surface area contributed by atoms with Gasteiger partial charge in [-0.25, -0.2) is 9.78 Å². The van der Waals surface area contributed by atoms with Crippen molar-refractivity contribution in [2.45, 2.75) is 12.8 Å². The summed E-state index contributed by atoms with van der Waals surface area (Å²) in [6.45, 7) is 0.318. The third kappa shape index (κ3) is 6.26. The van der Waals surface area contributed by atoms with Crippen LogP contribution in [0.4, 0.5) is 35.2 Å². The number of hydrogen-bond acceptors (Lipinski definition) is 3. The number of pyridine rings is 1. The van der Waals surface area contributed by atoms with E-state index in [1.165, 1.54) is 17.0 Å². The summed E-state index contributed by atoms with van der Waals surface area (Å²) in [4.78, 5) is 17.1. The molecule has 1 aromatic heterocycles. The van der Waals surface area contributed by atoms with E-state index < -0.39 is 18.1 Å². The van der Waals surface area contributed by atoms with Crippen LogP contribution in [0.3, 0.4) is 0 Å². The fourth-order valence-electron chi connectivity index (χ4n) is 2.82.